The largest absolute Gasteiger partial charge is 0.333 e. The van der Waals surface area contributed by atoms with Gasteiger partial charge in [0, 0.05) is 26.1 Å². The van der Waals surface area contributed by atoms with E-state index in [0.29, 0.717) is 29.9 Å². The highest BCUT2D eigenvalue weighted by Gasteiger charge is 2.23. The van der Waals surface area contributed by atoms with Crippen LogP contribution in [0.5, 0.6) is 0 Å². The number of benzene rings is 2. The van der Waals surface area contributed by atoms with Gasteiger partial charge in [-0.3, -0.25) is 4.79 Å². The summed E-state index contributed by atoms with van der Waals surface area (Å²) in [7, 11) is 0. The minimum absolute atomic E-state index is 0.242. The third-order valence-electron chi connectivity index (χ3n) is 3.57. The molecule has 134 valence electrons. The Labute approximate surface area is 173 Å². The number of hydrogen-bond donors (Lipinski definition) is 1. The zero-order valence-electron chi connectivity index (χ0n) is 13.9. The topological polar surface area (TPSA) is 57.1 Å². The SMILES string of the molecule is CCN1CN=C(Sc2ccc(Br)cc2)N=C1C(=O)Nc1cccc(Br)c1. The minimum Gasteiger partial charge on any atom is -0.333 e. The molecule has 1 aliphatic heterocycles. The molecule has 0 aliphatic carbocycles. The number of carbonyl (C=O) groups excluding carboxylic acids is 1. The average molecular weight is 496 g/mol. The first-order valence-electron chi connectivity index (χ1n) is 7.93. The van der Waals surface area contributed by atoms with E-state index in [4.69, 9.17) is 0 Å². The third-order valence-corrected chi connectivity index (χ3v) is 5.50. The Bertz CT molecular complexity index is 868. The summed E-state index contributed by atoms with van der Waals surface area (Å²) in [5.41, 5.74) is 0.716. The molecule has 1 heterocycles. The molecule has 0 fully saturated rings. The van der Waals surface area contributed by atoms with Gasteiger partial charge in [-0.2, -0.15) is 4.99 Å². The van der Waals surface area contributed by atoms with Crippen molar-refractivity contribution >= 4 is 66.2 Å². The Morgan fingerprint density at radius 2 is 1.96 bits per heavy atom. The lowest BCUT2D eigenvalue weighted by atomic mass is 10.3. The normalized spacial score (nSPS) is 13.9. The molecule has 3 rings (SSSR count). The Morgan fingerprint density at radius 3 is 2.65 bits per heavy atom. The van der Waals surface area contributed by atoms with Crippen molar-refractivity contribution in [2.24, 2.45) is 9.98 Å². The van der Waals surface area contributed by atoms with Gasteiger partial charge in [0.15, 0.2) is 11.0 Å². The molecule has 2 aromatic carbocycles. The fourth-order valence-electron chi connectivity index (χ4n) is 2.27. The Morgan fingerprint density at radius 1 is 1.19 bits per heavy atom. The second kappa shape index (κ2) is 8.83. The van der Waals surface area contributed by atoms with Crippen molar-refractivity contribution in [3.8, 4) is 0 Å². The Kier molecular flexibility index (Phi) is 6.50. The lowest BCUT2D eigenvalue weighted by Gasteiger charge is -2.25. The van der Waals surface area contributed by atoms with Crippen LogP contribution >= 0.6 is 43.6 Å². The van der Waals surface area contributed by atoms with Crippen molar-refractivity contribution in [3.63, 3.8) is 0 Å². The first kappa shape index (κ1) is 19.1. The zero-order chi connectivity index (χ0) is 18.5. The maximum atomic E-state index is 12.7. The summed E-state index contributed by atoms with van der Waals surface area (Å²) in [4.78, 5) is 24.6. The molecule has 1 N–H and O–H groups in total. The van der Waals surface area contributed by atoms with Crippen LogP contribution in [0.25, 0.3) is 0 Å². The molecule has 0 spiro atoms. The molecular weight excluding hydrogens is 480 g/mol. The fourth-order valence-corrected chi connectivity index (χ4v) is 3.67. The predicted molar refractivity (Wildman–Crippen MR) is 115 cm³/mol. The number of carbonyl (C=O) groups is 1. The Balaban J connectivity index is 1.77. The van der Waals surface area contributed by atoms with E-state index in [1.54, 1.807) is 0 Å². The van der Waals surface area contributed by atoms with Crippen LogP contribution in [0.2, 0.25) is 0 Å². The summed E-state index contributed by atoms with van der Waals surface area (Å²) in [6.45, 7) is 3.05. The van der Waals surface area contributed by atoms with Crippen LogP contribution in [0, 0.1) is 0 Å². The lowest BCUT2D eigenvalue weighted by Crippen LogP contribution is -2.42. The van der Waals surface area contributed by atoms with Gasteiger partial charge in [-0.05, 0) is 49.4 Å². The molecule has 26 heavy (non-hydrogen) atoms. The minimum atomic E-state index is -0.242. The smallest absolute Gasteiger partial charge is 0.291 e. The number of hydrogen-bond acceptors (Lipinski definition) is 5. The van der Waals surface area contributed by atoms with Crippen LogP contribution in [0.4, 0.5) is 5.69 Å². The highest BCUT2D eigenvalue weighted by molar-refractivity contribution is 9.10. The van der Waals surface area contributed by atoms with Crippen molar-refractivity contribution < 1.29 is 4.79 Å². The first-order chi connectivity index (χ1) is 12.5. The zero-order valence-corrected chi connectivity index (χ0v) is 17.9. The van der Waals surface area contributed by atoms with Crippen LogP contribution in [0.3, 0.4) is 0 Å². The summed E-state index contributed by atoms with van der Waals surface area (Å²) >= 11 is 8.27. The summed E-state index contributed by atoms with van der Waals surface area (Å²) < 4.78 is 1.92. The number of nitrogens with zero attached hydrogens (tertiary/aromatic N) is 3. The third kappa shape index (κ3) is 4.96. The van der Waals surface area contributed by atoms with E-state index in [9.17, 15) is 4.79 Å². The molecule has 8 heteroatoms. The number of aliphatic imine (C=N–C) groups is 2. The summed E-state index contributed by atoms with van der Waals surface area (Å²) in [6.07, 6.45) is 0. The molecule has 0 saturated heterocycles. The number of nitrogens with one attached hydrogen (secondary N) is 1. The first-order valence-corrected chi connectivity index (χ1v) is 10.3. The molecule has 0 radical (unpaired) electrons. The van der Waals surface area contributed by atoms with Crippen molar-refractivity contribution in [2.45, 2.75) is 11.8 Å². The standard InChI is InChI=1S/C18H16Br2N4OS/c1-2-24-11-21-18(26-15-8-6-12(19)7-9-15)23-16(24)17(25)22-14-5-3-4-13(20)10-14/h3-10H,2,11H2,1H3,(H,22,25). The van der Waals surface area contributed by atoms with Gasteiger partial charge < -0.3 is 10.2 Å². The van der Waals surface area contributed by atoms with Crippen LogP contribution in [0.1, 0.15) is 6.92 Å². The highest BCUT2D eigenvalue weighted by atomic mass is 79.9. The Hall–Kier alpha value is -1.64. The summed E-state index contributed by atoms with van der Waals surface area (Å²) in [5, 5.41) is 3.48. The van der Waals surface area contributed by atoms with E-state index in [0.717, 1.165) is 13.8 Å². The van der Waals surface area contributed by atoms with Crippen molar-refractivity contribution in [1.29, 1.82) is 0 Å². The van der Waals surface area contributed by atoms with Gasteiger partial charge >= 0.3 is 0 Å². The second-order valence-corrected chi connectivity index (χ2v) is 8.27. The van der Waals surface area contributed by atoms with E-state index in [1.807, 2.05) is 60.4 Å². The number of amides is 1. The summed E-state index contributed by atoms with van der Waals surface area (Å²) in [5.74, 6) is 0.135. The second-order valence-electron chi connectivity index (χ2n) is 5.39. The number of anilines is 1. The van der Waals surface area contributed by atoms with Gasteiger partial charge in [0.05, 0.1) is 0 Å². The highest BCUT2D eigenvalue weighted by Crippen LogP contribution is 2.24. The van der Waals surface area contributed by atoms with E-state index in [2.05, 4.69) is 47.2 Å². The molecule has 5 nitrogen and oxygen atoms in total. The molecular formula is C18H16Br2N4OS. The molecule has 0 aromatic heterocycles. The van der Waals surface area contributed by atoms with E-state index in [1.165, 1.54) is 11.8 Å². The number of thioether (sulfide) groups is 1. The quantitative estimate of drug-likeness (QED) is 0.650. The molecule has 0 atom stereocenters. The van der Waals surface area contributed by atoms with Gasteiger partial charge in [-0.15, -0.1) is 0 Å². The molecule has 2 aromatic rings. The monoisotopic (exact) mass is 494 g/mol. The van der Waals surface area contributed by atoms with Crippen molar-refractivity contribution in [2.75, 3.05) is 18.5 Å². The molecule has 0 bridgehead atoms. The van der Waals surface area contributed by atoms with Gasteiger partial charge in [-0.1, -0.05) is 49.7 Å². The number of likely N-dealkylation sites (N-methyl/N-ethyl adjacent to an activating group) is 1. The van der Waals surface area contributed by atoms with Gasteiger partial charge in [-0.25, -0.2) is 4.99 Å². The number of halogens is 2. The van der Waals surface area contributed by atoms with Crippen molar-refractivity contribution in [1.82, 2.24) is 4.90 Å². The van der Waals surface area contributed by atoms with Gasteiger partial charge in [0.2, 0.25) is 0 Å². The summed E-state index contributed by atoms with van der Waals surface area (Å²) in [6, 6.07) is 15.4. The number of rotatable bonds is 4. The maximum absolute atomic E-state index is 12.7. The van der Waals surface area contributed by atoms with Crippen LogP contribution < -0.4 is 5.32 Å². The number of amidine groups is 2. The average Bonchev–Trinajstić information content (AvgIpc) is 2.63. The van der Waals surface area contributed by atoms with Crippen molar-refractivity contribution in [3.05, 3.63) is 57.5 Å². The van der Waals surface area contributed by atoms with Gasteiger partial charge in [0.1, 0.15) is 6.67 Å². The molecule has 1 amide bonds. The maximum Gasteiger partial charge on any atom is 0.291 e. The molecule has 1 aliphatic rings. The van der Waals surface area contributed by atoms with Crippen LogP contribution in [-0.2, 0) is 4.79 Å². The van der Waals surface area contributed by atoms with E-state index < -0.39 is 0 Å². The fraction of sp³-hybridized carbons (Fsp3) is 0.167. The van der Waals surface area contributed by atoms with E-state index in [-0.39, 0.29) is 5.91 Å². The predicted octanol–water partition coefficient (Wildman–Crippen LogP) is 4.99. The van der Waals surface area contributed by atoms with Gasteiger partial charge in [0.25, 0.3) is 5.91 Å². The lowest BCUT2D eigenvalue weighted by molar-refractivity contribution is -0.111. The molecule has 0 unspecified atom stereocenters. The van der Waals surface area contributed by atoms with Crippen LogP contribution in [0.15, 0.2) is 72.4 Å². The molecule has 0 saturated carbocycles. The van der Waals surface area contributed by atoms with E-state index >= 15 is 0 Å². The van der Waals surface area contributed by atoms with Crippen LogP contribution in [-0.4, -0.2) is 35.0 Å².